The zero-order valence-electron chi connectivity index (χ0n) is 15.6. The fourth-order valence-electron chi connectivity index (χ4n) is 2.56. The van der Waals surface area contributed by atoms with Crippen LogP contribution in [0.2, 0.25) is 0 Å². The van der Waals surface area contributed by atoms with Crippen LogP contribution in [0.25, 0.3) is 0 Å². The first-order valence-corrected chi connectivity index (χ1v) is 9.24. The highest BCUT2D eigenvalue weighted by Gasteiger charge is 2.14. The van der Waals surface area contributed by atoms with E-state index in [-0.39, 0.29) is 5.56 Å². The summed E-state index contributed by atoms with van der Waals surface area (Å²) >= 11 is 0. The lowest BCUT2D eigenvalue weighted by atomic mass is 10.1. The van der Waals surface area contributed by atoms with Crippen molar-refractivity contribution in [1.29, 1.82) is 5.26 Å². The number of unbranched alkanes of at least 4 members (excludes halogenated alkanes) is 9. The van der Waals surface area contributed by atoms with Crippen LogP contribution in [0.4, 0.5) is 0 Å². The Hall–Kier alpha value is -2.42. The van der Waals surface area contributed by atoms with Crippen LogP contribution in [0.15, 0.2) is 12.1 Å². The first kappa shape index (κ1) is 23.6. The van der Waals surface area contributed by atoms with E-state index in [0.29, 0.717) is 6.61 Å². The minimum atomic E-state index is -0.638. The van der Waals surface area contributed by atoms with E-state index in [9.17, 15) is 20.1 Å². The van der Waals surface area contributed by atoms with Gasteiger partial charge in [0.05, 0.1) is 12.2 Å². The molecule has 0 bridgehead atoms. The molecule has 0 saturated carbocycles. The highest BCUT2D eigenvalue weighted by molar-refractivity contribution is 5.91. The van der Waals surface area contributed by atoms with E-state index in [2.05, 4.69) is 13.5 Å². The number of carbonyl (C=O) groups is 1. The number of aromatic hydroxyl groups is 3. The summed E-state index contributed by atoms with van der Waals surface area (Å²) in [4.78, 5) is 11.8. The molecule has 1 rings (SSSR count). The monoisotopic (exact) mass is 365 g/mol. The fraction of sp³-hybridized carbons (Fsp3) is 0.600. The standard InChI is InChI=1S/C19H30O5.CHN/c1-2-3-4-5-6-7-8-9-10-11-12-24-19(23)15-13-16(20)18(22)17(21)14-15;1-2/h13-14,20-22H,2-12H2,1H3;1H. The number of phenolic OH excluding ortho intramolecular Hbond substituents is 3. The molecule has 0 atom stereocenters. The van der Waals surface area contributed by atoms with Crippen molar-refractivity contribution >= 4 is 5.97 Å². The highest BCUT2D eigenvalue weighted by atomic mass is 16.5. The molecule has 26 heavy (non-hydrogen) atoms. The normalized spacial score (nSPS) is 9.96. The lowest BCUT2D eigenvalue weighted by Gasteiger charge is -2.07. The van der Waals surface area contributed by atoms with Gasteiger partial charge in [0.15, 0.2) is 17.2 Å². The van der Waals surface area contributed by atoms with E-state index in [1.165, 1.54) is 44.9 Å². The number of phenols is 3. The molecule has 0 spiro atoms. The highest BCUT2D eigenvalue weighted by Crippen LogP contribution is 2.35. The largest absolute Gasteiger partial charge is 0.504 e. The first-order valence-electron chi connectivity index (χ1n) is 9.24. The minimum Gasteiger partial charge on any atom is -0.504 e. The third kappa shape index (κ3) is 9.77. The third-order valence-corrected chi connectivity index (χ3v) is 4.04. The van der Waals surface area contributed by atoms with E-state index in [0.717, 1.165) is 31.4 Å². The van der Waals surface area contributed by atoms with Crippen molar-refractivity contribution in [1.82, 2.24) is 0 Å². The van der Waals surface area contributed by atoms with Gasteiger partial charge in [-0.15, -0.1) is 0 Å². The van der Waals surface area contributed by atoms with E-state index in [4.69, 9.17) is 10.00 Å². The Morgan fingerprint density at radius 2 is 1.31 bits per heavy atom. The second kappa shape index (κ2) is 14.9. The SMILES string of the molecule is C#N.CCCCCCCCCCCCOC(=O)c1cc(O)c(O)c(O)c1. The second-order valence-corrected chi connectivity index (χ2v) is 6.18. The molecule has 0 fully saturated rings. The molecule has 0 unspecified atom stereocenters. The van der Waals surface area contributed by atoms with Gasteiger partial charge >= 0.3 is 5.97 Å². The summed E-state index contributed by atoms with van der Waals surface area (Å²) in [5.41, 5.74) is 0.0230. The van der Waals surface area contributed by atoms with Crippen LogP contribution in [0, 0.1) is 11.8 Å². The number of hydrogen-bond acceptors (Lipinski definition) is 6. The van der Waals surface area contributed by atoms with Crippen LogP contribution in [0.1, 0.15) is 81.5 Å². The maximum absolute atomic E-state index is 11.8. The van der Waals surface area contributed by atoms with Crippen LogP contribution in [0.3, 0.4) is 0 Å². The molecule has 0 aromatic heterocycles. The summed E-state index contributed by atoms with van der Waals surface area (Å²) in [7, 11) is 0. The summed E-state index contributed by atoms with van der Waals surface area (Å²) in [6.45, 7) is 6.04. The maximum Gasteiger partial charge on any atom is 0.338 e. The lowest BCUT2D eigenvalue weighted by Crippen LogP contribution is -2.06. The van der Waals surface area contributed by atoms with Crippen LogP contribution in [0.5, 0.6) is 17.2 Å². The van der Waals surface area contributed by atoms with Crippen molar-refractivity contribution in [2.24, 2.45) is 0 Å². The number of nitrogens with zero attached hydrogens (tertiary/aromatic N) is 1. The summed E-state index contributed by atoms with van der Waals surface area (Å²) < 4.78 is 5.11. The van der Waals surface area contributed by atoms with Crippen LogP contribution in [-0.2, 0) is 4.74 Å². The van der Waals surface area contributed by atoms with Crippen LogP contribution < -0.4 is 0 Å². The molecule has 0 aliphatic heterocycles. The number of carbonyl (C=O) groups excluding carboxylic acids is 1. The van der Waals surface area contributed by atoms with Gasteiger partial charge in [-0.05, 0) is 18.6 Å². The summed E-state index contributed by atoms with van der Waals surface area (Å²) in [5.74, 6) is -2.33. The smallest absolute Gasteiger partial charge is 0.338 e. The molecule has 146 valence electrons. The maximum atomic E-state index is 11.8. The van der Waals surface area contributed by atoms with Crippen molar-refractivity contribution in [3.05, 3.63) is 17.7 Å². The molecule has 0 radical (unpaired) electrons. The molecule has 0 aliphatic rings. The van der Waals surface area contributed by atoms with Crippen molar-refractivity contribution in [3.63, 3.8) is 0 Å². The van der Waals surface area contributed by atoms with E-state index < -0.39 is 23.2 Å². The Morgan fingerprint density at radius 3 is 1.77 bits per heavy atom. The van der Waals surface area contributed by atoms with E-state index >= 15 is 0 Å². The Balaban J connectivity index is 0.00000301. The van der Waals surface area contributed by atoms with Gasteiger partial charge in [0.25, 0.3) is 0 Å². The molecule has 6 heteroatoms. The third-order valence-electron chi connectivity index (χ3n) is 4.04. The number of hydrogen-bond donors (Lipinski definition) is 3. The minimum absolute atomic E-state index is 0.0230. The first-order chi connectivity index (χ1) is 12.6. The van der Waals surface area contributed by atoms with Gasteiger partial charge < -0.3 is 20.1 Å². The Labute approximate surface area is 156 Å². The lowest BCUT2D eigenvalue weighted by molar-refractivity contribution is 0.0496. The van der Waals surface area contributed by atoms with Gasteiger partial charge in [-0.3, -0.25) is 0 Å². The van der Waals surface area contributed by atoms with E-state index in [1.54, 1.807) is 0 Å². The second-order valence-electron chi connectivity index (χ2n) is 6.18. The summed E-state index contributed by atoms with van der Waals surface area (Å²) in [6, 6.07) is 2.16. The van der Waals surface area contributed by atoms with Crippen molar-refractivity contribution < 1.29 is 24.9 Å². The predicted octanol–water partition coefficient (Wildman–Crippen LogP) is 5.02. The van der Waals surface area contributed by atoms with Crippen molar-refractivity contribution in [3.8, 4) is 23.8 Å². The van der Waals surface area contributed by atoms with Crippen LogP contribution in [-0.4, -0.2) is 27.9 Å². The number of rotatable bonds is 12. The number of nitriles is 1. The van der Waals surface area contributed by atoms with Gasteiger partial charge in [0.2, 0.25) is 0 Å². The number of ether oxygens (including phenoxy) is 1. The van der Waals surface area contributed by atoms with Gasteiger partial charge in [0, 0.05) is 6.57 Å². The average Bonchev–Trinajstić information content (AvgIpc) is 2.65. The van der Waals surface area contributed by atoms with Crippen LogP contribution >= 0.6 is 0 Å². The van der Waals surface area contributed by atoms with Gasteiger partial charge in [0.1, 0.15) is 0 Å². The Morgan fingerprint density at radius 1 is 0.885 bits per heavy atom. The molecule has 0 aliphatic carbocycles. The Kier molecular flexibility index (Phi) is 13.5. The fourth-order valence-corrected chi connectivity index (χ4v) is 2.56. The zero-order chi connectivity index (χ0) is 19.8. The Bertz CT molecular complexity index is 519. The van der Waals surface area contributed by atoms with Crippen molar-refractivity contribution in [2.45, 2.75) is 71.1 Å². The average molecular weight is 365 g/mol. The molecule has 3 N–H and O–H groups in total. The molecular formula is C20H31NO5. The predicted molar refractivity (Wildman–Crippen MR) is 100 cm³/mol. The molecule has 0 saturated heterocycles. The molecule has 6 nitrogen and oxygen atoms in total. The van der Waals surface area contributed by atoms with Gasteiger partial charge in [-0.1, -0.05) is 64.7 Å². The van der Waals surface area contributed by atoms with Gasteiger partial charge in [-0.2, -0.15) is 0 Å². The van der Waals surface area contributed by atoms with Crippen molar-refractivity contribution in [2.75, 3.05) is 6.61 Å². The number of benzene rings is 1. The molecule has 0 heterocycles. The molecular weight excluding hydrogens is 334 g/mol. The molecule has 0 amide bonds. The summed E-state index contributed by atoms with van der Waals surface area (Å²) in [5, 5.41) is 34.5. The molecule has 1 aromatic carbocycles. The molecule has 1 aromatic rings. The number of esters is 1. The quantitative estimate of drug-likeness (QED) is 0.272. The van der Waals surface area contributed by atoms with E-state index in [1.807, 2.05) is 0 Å². The summed E-state index contributed by atoms with van der Waals surface area (Å²) in [6.07, 6.45) is 12.1. The topological polar surface area (TPSA) is 111 Å². The zero-order valence-corrected chi connectivity index (χ0v) is 15.6. The van der Waals surface area contributed by atoms with Gasteiger partial charge in [-0.25, -0.2) is 10.1 Å².